The van der Waals surface area contributed by atoms with E-state index in [0.29, 0.717) is 38.6 Å². The largest absolute Gasteiger partial charge is 0.471 e. The van der Waals surface area contributed by atoms with Crippen LogP contribution in [-0.4, -0.2) is 81.6 Å². The van der Waals surface area contributed by atoms with Gasteiger partial charge in [0.25, 0.3) is 0 Å². The summed E-state index contributed by atoms with van der Waals surface area (Å²) in [5.74, 6) is -2.10. The molecule has 2 atom stereocenters. The summed E-state index contributed by atoms with van der Waals surface area (Å²) in [6.07, 6.45) is -3.04. The lowest BCUT2D eigenvalue weighted by atomic mass is 10.00. The van der Waals surface area contributed by atoms with E-state index in [1.54, 1.807) is 32.6 Å². The molecule has 0 unspecified atom stereocenters. The Morgan fingerprint density at radius 1 is 1.10 bits per heavy atom. The Bertz CT molecular complexity index is 715. The van der Waals surface area contributed by atoms with Crippen molar-refractivity contribution in [3.05, 3.63) is 0 Å². The van der Waals surface area contributed by atoms with Crippen LogP contribution in [0.5, 0.6) is 0 Å². The number of nitrogens with zero attached hydrogens (tertiary/aromatic N) is 3. The summed E-state index contributed by atoms with van der Waals surface area (Å²) in [5, 5.41) is 0. The zero-order valence-electron chi connectivity index (χ0n) is 17.9. The van der Waals surface area contributed by atoms with Crippen molar-refractivity contribution in [1.29, 1.82) is 0 Å². The van der Waals surface area contributed by atoms with E-state index in [-0.39, 0.29) is 19.0 Å². The van der Waals surface area contributed by atoms with Crippen LogP contribution in [0, 0.1) is 0 Å². The number of hydrogen-bond acceptors (Lipinski definition) is 4. The highest BCUT2D eigenvalue weighted by Crippen LogP contribution is 2.47. The van der Waals surface area contributed by atoms with Crippen molar-refractivity contribution >= 4 is 17.9 Å². The maximum absolute atomic E-state index is 13.4. The minimum Gasteiger partial charge on any atom is -0.444 e. The highest BCUT2D eigenvalue weighted by Gasteiger charge is 2.60. The predicted octanol–water partition coefficient (Wildman–Crippen LogP) is 2.93. The Morgan fingerprint density at radius 2 is 1.73 bits per heavy atom. The lowest BCUT2D eigenvalue weighted by Crippen LogP contribution is -2.66. The summed E-state index contributed by atoms with van der Waals surface area (Å²) >= 11 is 0. The van der Waals surface area contributed by atoms with Crippen LogP contribution in [-0.2, 0) is 14.3 Å². The maximum atomic E-state index is 13.4. The number of piperazine rings is 1. The Hall–Kier alpha value is -2.00. The van der Waals surface area contributed by atoms with Gasteiger partial charge in [0.15, 0.2) is 0 Å². The van der Waals surface area contributed by atoms with E-state index in [1.165, 1.54) is 4.90 Å². The zero-order valence-corrected chi connectivity index (χ0v) is 17.9. The quantitative estimate of drug-likeness (QED) is 0.672. The van der Waals surface area contributed by atoms with Gasteiger partial charge < -0.3 is 14.5 Å². The molecule has 1 saturated carbocycles. The number of alkyl halides is 3. The molecule has 30 heavy (non-hydrogen) atoms. The van der Waals surface area contributed by atoms with Gasteiger partial charge in [0.2, 0.25) is 5.91 Å². The maximum Gasteiger partial charge on any atom is 0.471 e. The summed E-state index contributed by atoms with van der Waals surface area (Å²) < 4.78 is 44.7. The Morgan fingerprint density at radius 3 is 2.23 bits per heavy atom. The van der Waals surface area contributed by atoms with Crippen LogP contribution in [0.4, 0.5) is 18.0 Å². The molecule has 7 nitrogen and oxygen atoms in total. The van der Waals surface area contributed by atoms with Crippen LogP contribution in [0.2, 0.25) is 0 Å². The molecule has 0 aromatic heterocycles. The molecule has 2 aliphatic heterocycles. The standard InChI is InChI=1S/C20H30F3N3O4/c1-5-13-11-26(16(28)20(21,22)23)19(8-9-19)12-25(13)15(27)14-7-6-10-24(14)17(29)30-18(2,3)4/h13-14H,5-12H2,1-4H3/t13-,14+/m1/s1. The van der Waals surface area contributed by atoms with Crippen molar-refractivity contribution in [2.24, 2.45) is 0 Å². The summed E-state index contributed by atoms with van der Waals surface area (Å²) in [6.45, 7) is 7.37. The second-order valence-corrected chi connectivity index (χ2v) is 9.50. The van der Waals surface area contributed by atoms with Crippen molar-refractivity contribution < 1.29 is 32.3 Å². The molecule has 0 radical (unpaired) electrons. The van der Waals surface area contributed by atoms with Crippen LogP contribution in [0.3, 0.4) is 0 Å². The Labute approximate surface area is 174 Å². The fourth-order valence-corrected chi connectivity index (χ4v) is 4.42. The van der Waals surface area contributed by atoms with E-state index in [2.05, 4.69) is 0 Å². The van der Waals surface area contributed by atoms with Crippen LogP contribution in [0.15, 0.2) is 0 Å². The van der Waals surface area contributed by atoms with E-state index in [0.717, 1.165) is 4.90 Å². The van der Waals surface area contributed by atoms with Gasteiger partial charge in [0, 0.05) is 25.7 Å². The number of likely N-dealkylation sites (tertiary alicyclic amines) is 1. The summed E-state index contributed by atoms with van der Waals surface area (Å²) in [7, 11) is 0. The first-order valence-electron chi connectivity index (χ1n) is 10.5. The van der Waals surface area contributed by atoms with E-state index in [1.807, 2.05) is 0 Å². The summed E-state index contributed by atoms with van der Waals surface area (Å²) in [4.78, 5) is 41.9. The first kappa shape index (κ1) is 22.7. The topological polar surface area (TPSA) is 70.2 Å². The normalized spacial score (nSPS) is 26.2. The molecule has 2 heterocycles. The average Bonchev–Trinajstić information content (AvgIpc) is 3.21. The highest BCUT2D eigenvalue weighted by molar-refractivity contribution is 5.88. The molecular weight excluding hydrogens is 403 g/mol. The Balaban J connectivity index is 1.78. The second kappa shape index (κ2) is 7.60. The molecule has 0 bridgehead atoms. The zero-order chi connectivity index (χ0) is 22.5. The third-order valence-corrected chi connectivity index (χ3v) is 6.11. The number of amides is 3. The van der Waals surface area contributed by atoms with Gasteiger partial charge in [-0.1, -0.05) is 6.92 Å². The molecule has 3 rings (SSSR count). The third kappa shape index (κ3) is 4.37. The molecule has 0 N–H and O–H groups in total. The molecule has 1 spiro atoms. The van der Waals surface area contributed by atoms with Gasteiger partial charge in [-0.15, -0.1) is 0 Å². The lowest BCUT2D eigenvalue weighted by Gasteiger charge is -2.48. The SMILES string of the molecule is CC[C@@H]1CN(C(=O)C(F)(F)F)C2(CC2)CN1C(=O)[C@@H]1CCCN1C(=O)OC(C)(C)C. The van der Waals surface area contributed by atoms with Crippen LogP contribution in [0.25, 0.3) is 0 Å². The van der Waals surface area contributed by atoms with Gasteiger partial charge in [-0.3, -0.25) is 14.5 Å². The summed E-state index contributed by atoms with van der Waals surface area (Å²) in [5.41, 5.74) is -1.63. The first-order chi connectivity index (χ1) is 13.8. The lowest BCUT2D eigenvalue weighted by molar-refractivity contribution is -0.193. The molecule has 10 heteroatoms. The monoisotopic (exact) mass is 433 g/mol. The van der Waals surface area contributed by atoms with Gasteiger partial charge in [0.05, 0.1) is 5.54 Å². The Kier molecular flexibility index (Phi) is 5.75. The highest BCUT2D eigenvalue weighted by atomic mass is 19.4. The minimum absolute atomic E-state index is 0.0742. The van der Waals surface area contributed by atoms with Gasteiger partial charge in [-0.25, -0.2) is 4.79 Å². The fourth-order valence-electron chi connectivity index (χ4n) is 4.42. The number of rotatable bonds is 2. The molecule has 1 aliphatic carbocycles. The number of carbonyl (C=O) groups excluding carboxylic acids is 3. The number of ether oxygens (including phenoxy) is 1. The fraction of sp³-hybridized carbons (Fsp3) is 0.850. The molecule has 3 fully saturated rings. The third-order valence-electron chi connectivity index (χ3n) is 6.11. The number of halogens is 3. The average molecular weight is 433 g/mol. The van der Waals surface area contributed by atoms with E-state index < -0.39 is 41.4 Å². The van der Waals surface area contributed by atoms with Crippen LogP contribution < -0.4 is 0 Å². The van der Waals surface area contributed by atoms with Crippen molar-refractivity contribution in [2.75, 3.05) is 19.6 Å². The van der Waals surface area contributed by atoms with Gasteiger partial charge >= 0.3 is 18.2 Å². The van der Waals surface area contributed by atoms with Crippen molar-refractivity contribution in [3.8, 4) is 0 Å². The number of carbonyl (C=O) groups is 3. The number of hydrogen-bond donors (Lipinski definition) is 0. The molecule has 2 saturated heterocycles. The molecule has 3 aliphatic rings. The molecule has 0 aromatic rings. The first-order valence-corrected chi connectivity index (χ1v) is 10.5. The van der Waals surface area contributed by atoms with E-state index >= 15 is 0 Å². The van der Waals surface area contributed by atoms with E-state index in [9.17, 15) is 27.6 Å². The second-order valence-electron chi connectivity index (χ2n) is 9.50. The van der Waals surface area contributed by atoms with Gasteiger partial charge in [-0.05, 0) is 52.9 Å². The minimum atomic E-state index is -4.93. The van der Waals surface area contributed by atoms with Gasteiger partial charge in [-0.2, -0.15) is 13.2 Å². The smallest absolute Gasteiger partial charge is 0.444 e. The molecule has 170 valence electrons. The molecule has 3 amide bonds. The summed E-state index contributed by atoms with van der Waals surface area (Å²) in [6, 6.07) is -1.20. The van der Waals surface area contributed by atoms with Gasteiger partial charge in [0.1, 0.15) is 11.6 Å². The predicted molar refractivity (Wildman–Crippen MR) is 101 cm³/mol. The molecule has 0 aromatic carbocycles. The van der Waals surface area contributed by atoms with E-state index in [4.69, 9.17) is 4.74 Å². The van der Waals surface area contributed by atoms with Crippen molar-refractivity contribution in [2.45, 2.75) is 89.2 Å². The van der Waals surface area contributed by atoms with Crippen molar-refractivity contribution in [1.82, 2.24) is 14.7 Å². The van der Waals surface area contributed by atoms with Crippen LogP contribution in [0.1, 0.15) is 59.8 Å². The van der Waals surface area contributed by atoms with Crippen LogP contribution >= 0.6 is 0 Å². The van der Waals surface area contributed by atoms with Crippen molar-refractivity contribution in [3.63, 3.8) is 0 Å². The molecular formula is C20H30F3N3O4.